The molecule has 1 aromatic rings. The van der Waals surface area contributed by atoms with Gasteiger partial charge in [-0.15, -0.1) is 0 Å². The lowest BCUT2D eigenvalue weighted by Gasteiger charge is -2.34. The Morgan fingerprint density at radius 2 is 1.52 bits per heavy atom. The van der Waals surface area contributed by atoms with Crippen LogP contribution in [0.2, 0.25) is 0 Å². The maximum Gasteiger partial charge on any atom is 0.233 e. The van der Waals surface area contributed by atoms with Crippen molar-refractivity contribution < 1.29 is 14.3 Å². The molecule has 5 fully saturated rings. The Morgan fingerprint density at radius 3 is 2.17 bits per heavy atom. The Labute approximate surface area is 170 Å². The lowest BCUT2D eigenvalue weighted by Crippen LogP contribution is -2.47. The lowest BCUT2D eigenvalue weighted by molar-refractivity contribution is -0.141. The van der Waals surface area contributed by atoms with E-state index in [1.54, 1.807) is 17.3 Å². The highest BCUT2D eigenvalue weighted by Crippen LogP contribution is 2.63. The van der Waals surface area contributed by atoms with Gasteiger partial charge in [0.1, 0.15) is 0 Å². The minimum absolute atomic E-state index is 0.0791. The van der Waals surface area contributed by atoms with Crippen molar-refractivity contribution >= 4 is 17.8 Å². The van der Waals surface area contributed by atoms with Gasteiger partial charge in [0, 0.05) is 57.0 Å². The molecule has 8 nitrogen and oxygen atoms in total. The van der Waals surface area contributed by atoms with Gasteiger partial charge in [-0.05, 0) is 31.9 Å². The predicted molar refractivity (Wildman–Crippen MR) is 104 cm³/mol. The fourth-order valence-electron chi connectivity index (χ4n) is 6.24. The van der Waals surface area contributed by atoms with Gasteiger partial charge < -0.3 is 9.64 Å². The first-order chi connectivity index (χ1) is 14.2. The van der Waals surface area contributed by atoms with Gasteiger partial charge >= 0.3 is 0 Å². The Kier molecular flexibility index (Phi) is 4.13. The Balaban J connectivity index is 0.958. The monoisotopic (exact) mass is 397 g/mol. The summed E-state index contributed by atoms with van der Waals surface area (Å²) in [7, 11) is 0. The van der Waals surface area contributed by atoms with Crippen LogP contribution < -0.4 is 4.90 Å². The standard InChI is InChI=1S/C21H27N5O3/c27-19-15-13-12-14(18-17(13)29-18)16(15)20(28)26(19)7-2-1-6-24-8-10-25(11-9-24)21-22-4-3-5-23-21/h3-5,13-18H,1-2,6-12H2/t13-,14+,15-,16+,17?,18?. The van der Waals surface area contributed by atoms with E-state index in [1.165, 1.54) is 0 Å². The average Bonchev–Trinajstić information content (AvgIpc) is 3.28. The molecule has 3 saturated heterocycles. The summed E-state index contributed by atoms with van der Waals surface area (Å²) < 4.78 is 5.67. The molecule has 2 amide bonds. The Morgan fingerprint density at radius 1 is 0.897 bits per heavy atom. The first-order valence-corrected chi connectivity index (χ1v) is 11.0. The summed E-state index contributed by atoms with van der Waals surface area (Å²) in [5.74, 6) is 1.42. The third kappa shape index (κ3) is 2.79. The van der Waals surface area contributed by atoms with E-state index in [2.05, 4.69) is 19.8 Å². The van der Waals surface area contributed by atoms with Crippen LogP contribution in [0.1, 0.15) is 19.3 Å². The largest absolute Gasteiger partial charge is 0.369 e. The van der Waals surface area contributed by atoms with Gasteiger partial charge in [0.25, 0.3) is 0 Å². The van der Waals surface area contributed by atoms with Crippen LogP contribution in [-0.2, 0) is 14.3 Å². The molecule has 3 aliphatic heterocycles. The van der Waals surface area contributed by atoms with E-state index in [0.29, 0.717) is 18.4 Å². The number of amides is 2. The van der Waals surface area contributed by atoms with Gasteiger partial charge in [0.05, 0.1) is 24.0 Å². The van der Waals surface area contributed by atoms with Gasteiger partial charge in [-0.1, -0.05) is 0 Å². The number of fused-ring (bicyclic) bond motifs is 8. The van der Waals surface area contributed by atoms with Crippen molar-refractivity contribution in [2.75, 3.05) is 44.2 Å². The van der Waals surface area contributed by atoms with E-state index in [0.717, 1.165) is 57.9 Å². The van der Waals surface area contributed by atoms with Crippen molar-refractivity contribution in [3.63, 3.8) is 0 Å². The molecule has 2 aliphatic carbocycles. The Hall–Kier alpha value is -2.06. The zero-order chi connectivity index (χ0) is 19.5. The van der Waals surface area contributed by atoms with Crippen LogP contribution >= 0.6 is 0 Å². The Bertz CT molecular complexity index is 780. The van der Waals surface area contributed by atoms with E-state index < -0.39 is 0 Å². The molecule has 6 atom stereocenters. The number of anilines is 1. The number of imide groups is 1. The number of hydrogen-bond donors (Lipinski definition) is 0. The number of nitrogens with zero attached hydrogens (tertiary/aromatic N) is 5. The summed E-state index contributed by atoms with van der Waals surface area (Å²) in [6.45, 7) is 5.45. The van der Waals surface area contributed by atoms with Gasteiger partial charge in [0.2, 0.25) is 17.8 Å². The van der Waals surface area contributed by atoms with E-state index in [1.807, 2.05) is 6.07 Å². The molecule has 29 heavy (non-hydrogen) atoms. The van der Waals surface area contributed by atoms with Crippen LogP contribution in [0.3, 0.4) is 0 Å². The maximum atomic E-state index is 12.8. The van der Waals surface area contributed by atoms with Crippen molar-refractivity contribution in [2.24, 2.45) is 23.7 Å². The second-order valence-electron chi connectivity index (χ2n) is 9.09. The summed E-state index contributed by atoms with van der Waals surface area (Å²) in [5.41, 5.74) is 0. The second kappa shape index (κ2) is 6.74. The summed E-state index contributed by atoms with van der Waals surface area (Å²) in [6.07, 6.45) is 7.04. The predicted octanol–water partition coefficient (Wildman–Crippen LogP) is 0.397. The SMILES string of the molecule is O=C1[C@@H]2[C@H](C(=O)N1CCCCN1CCN(c3ncccn3)CC1)[C@H]1C[C@@H]2C2OC21. The van der Waals surface area contributed by atoms with Crippen LogP contribution in [-0.4, -0.2) is 83.1 Å². The molecule has 154 valence electrons. The van der Waals surface area contributed by atoms with Crippen LogP contribution in [0.4, 0.5) is 5.95 Å². The molecule has 0 aromatic carbocycles. The molecule has 6 rings (SSSR count). The zero-order valence-electron chi connectivity index (χ0n) is 16.5. The third-order valence-electron chi connectivity index (χ3n) is 7.67. The molecule has 0 N–H and O–H groups in total. The van der Waals surface area contributed by atoms with Crippen molar-refractivity contribution in [3.8, 4) is 0 Å². The number of hydrogen-bond acceptors (Lipinski definition) is 7. The number of rotatable bonds is 6. The van der Waals surface area contributed by atoms with Crippen LogP contribution in [0.5, 0.6) is 0 Å². The topological polar surface area (TPSA) is 82.2 Å². The first-order valence-electron chi connectivity index (χ1n) is 11.0. The summed E-state index contributed by atoms with van der Waals surface area (Å²) >= 11 is 0. The van der Waals surface area contributed by atoms with E-state index in [-0.39, 0.29) is 35.9 Å². The lowest BCUT2D eigenvalue weighted by atomic mass is 9.81. The highest BCUT2D eigenvalue weighted by Gasteiger charge is 2.73. The quantitative estimate of drug-likeness (QED) is 0.390. The molecule has 8 heteroatoms. The summed E-state index contributed by atoms with van der Waals surface area (Å²) in [4.78, 5) is 40.6. The highest BCUT2D eigenvalue weighted by molar-refractivity contribution is 6.06. The molecule has 5 aliphatic rings. The van der Waals surface area contributed by atoms with Crippen molar-refractivity contribution in [2.45, 2.75) is 31.5 Å². The van der Waals surface area contributed by atoms with Gasteiger partial charge in [-0.25, -0.2) is 9.97 Å². The van der Waals surface area contributed by atoms with Crippen LogP contribution in [0.15, 0.2) is 18.5 Å². The summed E-state index contributed by atoms with van der Waals surface area (Å²) in [6, 6.07) is 1.84. The fourth-order valence-corrected chi connectivity index (χ4v) is 6.24. The third-order valence-corrected chi connectivity index (χ3v) is 7.67. The average molecular weight is 397 g/mol. The van der Waals surface area contributed by atoms with E-state index >= 15 is 0 Å². The number of epoxide rings is 1. The number of carbonyl (C=O) groups is 2. The molecule has 2 bridgehead atoms. The molecule has 0 spiro atoms. The number of carbonyl (C=O) groups excluding carboxylic acids is 2. The minimum atomic E-state index is -0.0791. The van der Waals surface area contributed by atoms with Crippen LogP contribution in [0.25, 0.3) is 0 Å². The molecule has 2 saturated carbocycles. The number of piperazine rings is 1. The van der Waals surface area contributed by atoms with Gasteiger partial charge in [-0.2, -0.15) is 0 Å². The number of likely N-dealkylation sites (tertiary alicyclic amines) is 1. The second-order valence-corrected chi connectivity index (χ2v) is 9.09. The van der Waals surface area contributed by atoms with E-state index in [9.17, 15) is 9.59 Å². The van der Waals surface area contributed by atoms with Crippen molar-refractivity contribution in [3.05, 3.63) is 18.5 Å². The van der Waals surface area contributed by atoms with Crippen LogP contribution in [0, 0.1) is 23.7 Å². The molecule has 2 unspecified atom stereocenters. The van der Waals surface area contributed by atoms with Crippen molar-refractivity contribution in [1.82, 2.24) is 19.8 Å². The molecule has 1 aromatic heterocycles. The number of aromatic nitrogens is 2. The highest BCUT2D eigenvalue weighted by atomic mass is 16.6. The molecular weight excluding hydrogens is 370 g/mol. The maximum absolute atomic E-state index is 12.8. The zero-order valence-corrected chi connectivity index (χ0v) is 16.5. The molecular formula is C21H27N5O3. The summed E-state index contributed by atoms with van der Waals surface area (Å²) in [5, 5.41) is 0. The number of ether oxygens (including phenoxy) is 1. The molecule has 4 heterocycles. The normalized spacial score (nSPS) is 37.9. The van der Waals surface area contributed by atoms with Crippen molar-refractivity contribution in [1.29, 1.82) is 0 Å². The fraction of sp³-hybridized carbons (Fsp3) is 0.714. The van der Waals surface area contributed by atoms with E-state index in [4.69, 9.17) is 4.74 Å². The molecule has 0 radical (unpaired) electrons. The number of unbranched alkanes of at least 4 members (excludes halogenated alkanes) is 1. The van der Waals surface area contributed by atoms with Gasteiger partial charge in [0.15, 0.2) is 0 Å². The smallest absolute Gasteiger partial charge is 0.233 e. The first kappa shape index (κ1) is 17.8. The minimum Gasteiger partial charge on any atom is -0.369 e. The van der Waals surface area contributed by atoms with Gasteiger partial charge in [-0.3, -0.25) is 19.4 Å².